The zero-order chi connectivity index (χ0) is 73.7. The molecule has 0 fully saturated rings. The number of fused-ring (bicyclic) bond motifs is 4. The van der Waals surface area contributed by atoms with Crippen molar-refractivity contribution in [1.29, 1.82) is 0 Å². The van der Waals surface area contributed by atoms with Crippen molar-refractivity contribution < 1.29 is 55.5 Å². The predicted molar refractivity (Wildman–Crippen MR) is 398 cm³/mol. The normalized spacial score (nSPS) is 11.7. The number of esters is 1. The molecule has 0 unspecified atom stereocenters. The fraction of sp³-hybridized carbons (Fsp3) is 0.257. The number of carbonyl (C=O) groups is 6. The van der Waals surface area contributed by atoms with Gasteiger partial charge >= 0.3 is 5.97 Å². The molecule has 0 spiro atoms. The minimum absolute atomic E-state index is 0.142. The summed E-state index contributed by atoms with van der Waals surface area (Å²) in [5, 5.41) is 2.82. The highest BCUT2D eigenvalue weighted by Gasteiger charge is 2.36. The van der Waals surface area contributed by atoms with Gasteiger partial charge in [-0.05, 0) is 188 Å². The third-order valence-corrected chi connectivity index (χ3v) is 16.5. The van der Waals surface area contributed by atoms with Crippen LogP contribution in [-0.4, -0.2) is 152 Å². The van der Waals surface area contributed by atoms with Gasteiger partial charge in [-0.25, -0.2) is 38.5 Å². The molecule has 2 aliphatic heterocycles. The molecule has 5 amide bonds. The van der Waals surface area contributed by atoms with Gasteiger partial charge in [0.25, 0.3) is 29.5 Å². The Labute approximate surface area is 614 Å². The number of hydrogen-bond acceptors (Lipinski definition) is 18. The summed E-state index contributed by atoms with van der Waals surface area (Å²) >= 11 is 4.41. The van der Waals surface area contributed by atoms with Crippen LogP contribution in [0.15, 0.2) is 176 Å². The zero-order valence-electron chi connectivity index (χ0n) is 56.6. The Hall–Kier alpha value is -10.1. The first-order chi connectivity index (χ1) is 49.2. The topological polar surface area (TPSA) is 256 Å². The summed E-state index contributed by atoms with van der Waals surface area (Å²) in [7, 11) is 0. The summed E-state index contributed by atoms with van der Waals surface area (Å²) < 4.78 is 70.1. The Bertz CT molecular complexity index is 4420. The number of imide groups is 2. The second kappa shape index (κ2) is 40.4. The lowest BCUT2D eigenvalue weighted by Gasteiger charge is -2.24. The lowest BCUT2D eigenvalue weighted by molar-refractivity contribution is 0.0517. The number of aromatic nitrogens is 7. The van der Waals surface area contributed by atoms with Gasteiger partial charge in [0.2, 0.25) is 17.8 Å². The summed E-state index contributed by atoms with van der Waals surface area (Å²) in [5.74, 6) is -2.50. The Morgan fingerprint density at radius 2 is 0.882 bits per heavy atom. The van der Waals surface area contributed by atoms with Gasteiger partial charge in [-0.2, -0.15) is 13.2 Å². The largest absolute Gasteiger partial charge is 0.461 e. The summed E-state index contributed by atoms with van der Waals surface area (Å²) in [4.78, 5) is 109. The van der Waals surface area contributed by atoms with E-state index in [9.17, 15) is 50.7 Å². The molecule has 102 heavy (non-hydrogen) atoms. The highest BCUT2D eigenvalue weighted by atomic mass is 127. The first kappa shape index (κ1) is 79.2. The number of anilines is 3. The highest BCUT2D eigenvalue weighted by molar-refractivity contribution is 14.1. The molecule has 5 aromatic carbocycles. The van der Waals surface area contributed by atoms with Crippen molar-refractivity contribution in [3.05, 3.63) is 246 Å². The minimum atomic E-state index is -0.554. The van der Waals surface area contributed by atoms with Crippen LogP contribution in [0.25, 0.3) is 22.1 Å². The van der Waals surface area contributed by atoms with Gasteiger partial charge in [0.15, 0.2) is 5.69 Å². The van der Waals surface area contributed by atoms with E-state index in [1.54, 1.807) is 91.9 Å². The van der Waals surface area contributed by atoms with E-state index in [1.807, 2.05) is 71.9 Å². The average Bonchev–Trinajstić information content (AvgIpc) is 1.63. The quantitative estimate of drug-likeness (QED) is 0.0169. The number of nitrogens with two attached hydrogens (primary N) is 1. The van der Waals surface area contributed by atoms with Gasteiger partial charge in [0, 0.05) is 78.7 Å². The number of unbranched alkanes of at least 4 members (excludes halogenated alkanes) is 2. The van der Waals surface area contributed by atoms with Crippen molar-refractivity contribution >= 4 is 120 Å². The Morgan fingerprint density at radius 3 is 1.28 bits per heavy atom. The van der Waals surface area contributed by atoms with Crippen molar-refractivity contribution in [2.45, 2.75) is 53.9 Å². The fourth-order valence-electron chi connectivity index (χ4n) is 10.0. The number of benzene rings is 5. The van der Waals surface area contributed by atoms with Crippen molar-refractivity contribution in [2.75, 3.05) is 86.8 Å². The predicted octanol–water partition coefficient (Wildman–Crippen LogP) is 13.2. The standard InChI is InChI=1S/C18H17FIN5O.C17H16FN3O2.C13H15NO2.C11H9IN2O2.C9H14FN3.C6H4F2/c1-2-25(17-5-3-4-16(19)24-17)9-8-21-18(26)15-11-22-14-10-12(20)6-7-13(14)23-15;1-2-20(15-9-5-8-14(18)19-15)10-11-21-16(22)12-6-3-4-7-13(12)17(21)23;1-2-3-6-9-14-12(15)10-7-4-5-8-11(10)13(14)16;1-2-16-11(15)10-6-13-9-5-7(12)3-4-8(9)14-10;1-2-13(7-6-11)9-5-3-4-8(10)12-9;7-5-2-1-3-6(8)4-5/h3-7,10-11H,2,8-9H2,1H3,(H,21,26);3-9H,2,10-11H2,1H3;4-5,7-8H,2-3,6,9H2,1H3;3-6H,2H2,1H3;3-5H,2,6-7,11H2,1H3;1-4H. The van der Waals surface area contributed by atoms with Gasteiger partial charge in [0.1, 0.15) is 34.8 Å². The first-order valence-corrected chi connectivity index (χ1v) is 34.8. The SMILES string of the molecule is CCCCCN1C(=O)c2ccccc2C1=O.CCN(CCN)c1cccc(F)n1.CCN(CCN1C(=O)c2ccccc2C1=O)c1cccc(F)n1.CCN(CCNC(=O)c1cnc2cc(I)ccc2n1)c1cccc(F)n1.CCOC(=O)c1cnc2cc(I)ccc2n1.Fc1cccc(F)c1. The summed E-state index contributed by atoms with van der Waals surface area (Å²) in [6, 6.07) is 43.7. The van der Waals surface area contributed by atoms with Crippen LogP contribution >= 0.6 is 45.2 Å². The van der Waals surface area contributed by atoms with Gasteiger partial charge in [-0.3, -0.25) is 43.7 Å². The van der Waals surface area contributed by atoms with Crippen LogP contribution in [0.4, 0.5) is 39.4 Å². The van der Waals surface area contributed by atoms with Crippen molar-refractivity contribution in [1.82, 2.24) is 50.0 Å². The number of amides is 5. The van der Waals surface area contributed by atoms with E-state index in [1.165, 1.54) is 58.6 Å². The van der Waals surface area contributed by atoms with E-state index < -0.39 is 35.4 Å². The number of ether oxygens (including phenoxy) is 1. The molecular weight excluding hydrogens is 1550 g/mol. The van der Waals surface area contributed by atoms with Crippen molar-refractivity contribution in [3.63, 3.8) is 0 Å². The fourth-order valence-corrected chi connectivity index (χ4v) is 11.0. The lowest BCUT2D eigenvalue weighted by atomic mass is 10.1. The molecule has 0 saturated heterocycles. The van der Waals surface area contributed by atoms with E-state index in [0.717, 1.165) is 50.0 Å². The lowest BCUT2D eigenvalue weighted by Crippen LogP contribution is -2.38. The van der Waals surface area contributed by atoms with Gasteiger partial charge in [-0.15, -0.1) is 0 Å². The smallest absolute Gasteiger partial charge is 0.358 e. The summed E-state index contributed by atoms with van der Waals surface area (Å²) in [6.07, 6.45) is 5.94. The molecule has 0 saturated carbocycles. The van der Waals surface area contributed by atoms with Crippen LogP contribution < -0.4 is 25.8 Å². The van der Waals surface area contributed by atoms with E-state index in [-0.39, 0.29) is 47.5 Å². The average molecular weight is 1620 g/mol. The van der Waals surface area contributed by atoms with E-state index in [0.29, 0.717) is 110 Å². The Balaban J connectivity index is 0.000000177. The molecule has 2 aliphatic rings. The van der Waals surface area contributed by atoms with Crippen LogP contribution in [0.3, 0.4) is 0 Å². The number of likely N-dealkylation sites (N-methyl/N-ethyl adjacent to an activating group) is 3. The number of carbonyl (C=O) groups excluding carboxylic acids is 6. The Kier molecular flexibility index (Phi) is 31.4. The number of rotatable bonds is 21. The van der Waals surface area contributed by atoms with Gasteiger partial charge in [0.05, 0.1) is 63.3 Å². The summed E-state index contributed by atoms with van der Waals surface area (Å²) in [5.41, 5.74) is 10.8. The molecule has 10 aromatic rings. The monoisotopic (exact) mass is 1620 g/mol. The second-order valence-corrected chi connectivity index (χ2v) is 24.5. The van der Waals surface area contributed by atoms with Crippen LogP contribution in [0.1, 0.15) is 116 Å². The van der Waals surface area contributed by atoms with Crippen LogP contribution in [0.5, 0.6) is 0 Å². The number of halogens is 7. The maximum absolute atomic E-state index is 13.3. The minimum Gasteiger partial charge on any atom is -0.461 e. The molecule has 5 aromatic heterocycles. The number of nitrogens with zero attached hydrogens (tertiary/aromatic N) is 12. The zero-order valence-corrected chi connectivity index (χ0v) is 60.9. The highest BCUT2D eigenvalue weighted by Crippen LogP contribution is 2.25. The Morgan fingerprint density at radius 1 is 0.471 bits per heavy atom. The maximum atomic E-state index is 13.3. The van der Waals surface area contributed by atoms with Crippen LogP contribution in [0.2, 0.25) is 0 Å². The molecule has 0 bridgehead atoms. The van der Waals surface area contributed by atoms with E-state index in [2.05, 4.69) is 92.3 Å². The molecule has 0 aliphatic carbocycles. The molecule has 28 heteroatoms. The third-order valence-electron chi connectivity index (χ3n) is 15.1. The van der Waals surface area contributed by atoms with Crippen molar-refractivity contribution in [2.24, 2.45) is 5.73 Å². The van der Waals surface area contributed by atoms with Crippen LogP contribution in [0, 0.1) is 36.6 Å². The second-order valence-electron chi connectivity index (χ2n) is 22.0. The molecule has 532 valence electrons. The molecule has 3 N–H and O–H groups in total. The van der Waals surface area contributed by atoms with Gasteiger partial charge < -0.3 is 30.5 Å². The molecular formula is C74H75F5I2N14O7. The first-order valence-electron chi connectivity index (χ1n) is 32.6. The summed E-state index contributed by atoms with van der Waals surface area (Å²) in [6.45, 7) is 15.4. The van der Waals surface area contributed by atoms with Crippen molar-refractivity contribution in [3.8, 4) is 0 Å². The molecule has 12 rings (SSSR count). The molecule has 0 radical (unpaired) electrons. The van der Waals surface area contributed by atoms with E-state index >= 15 is 0 Å². The molecule has 21 nitrogen and oxygen atoms in total. The van der Waals surface area contributed by atoms with Crippen LogP contribution in [-0.2, 0) is 4.74 Å². The molecule has 0 atom stereocenters. The maximum Gasteiger partial charge on any atom is 0.358 e. The number of nitrogens with one attached hydrogen (secondary N) is 1. The number of pyridine rings is 3. The van der Waals surface area contributed by atoms with E-state index in [4.69, 9.17) is 10.5 Å². The number of hydrogen-bond donors (Lipinski definition) is 2. The third kappa shape index (κ3) is 23.0. The van der Waals surface area contributed by atoms with Gasteiger partial charge in [-0.1, -0.05) is 68.3 Å². The molecule has 7 heterocycles.